The number of benzene rings is 1. The molecule has 5 nitrogen and oxygen atoms in total. The first-order valence-corrected chi connectivity index (χ1v) is 10.0. The van der Waals surface area contributed by atoms with E-state index in [1.807, 2.05) is 10.7 Å². The predicted molar refractivity (Wildman–Crippen MR) is 104 cm³/mol. The van der Waals surface area contributed by atoms with Crippen LogP contribution in [-0.2, 0) is 4.79 Å². The third-order valence-electron chi connectivity index (χ3n) is 4.96. The van der Waals surface area contributed by atoms with Crippen LogP contribution >= 0.6 is 11.8 Å². The van der Waals surface area contributed by atoms with Crippen molar-refractivity contribution in [3.05, 3.63) is 47.2 Å². The summed E-state index contributed by atoms with van der Waals surface area (Å²) in [5, 5.41) is 8.86. The lowest BCUT2D eigenvalue weighted by molar-refractivity contribution is -0.125. The first-order valence-electron chi connectivity index (χ1n) is 9.06. The highest BCUT2D eigenvalue weighted by Gasteiger charge is 2.45. The maximum atomic E-state index is 13.1. The van der Waals surface area contributed by atoms with Gasteiger partial charge in [-0.05, 0) is 23.7 Å². The van der Waals surface area contributed by atoms with Crippen LogP contribution in [0.1, 0.15) is 44.4 Å². The Bertz CT molecular complexity index is 899. The van der Waals surface area contributed by atoms with Crippen LogP contribution < -0.4 is 5.32 Å². The second kappa shape index (κ2) is 6.27. The summed E-state index contributed by atoms with van der Waals surface area (Å²) in [5.74, 6) is 1.66. The minimum absolute atomic E-state index is 0.143. The first-order chi connectivity index (χ1) is 12.4. The summed E-state index contributed by atoms with van der Waals surface area (Å²) in [7, 11) is 0. The third kappa shape index (κ3) is 2.96. The molecular formula is C20H24N4OS. The van der Waals surface area contributed by atoms with E-state index < -0.39 is 0 Å². The summed E-state index contributed by atoms with van der Waals surface area (Å²) in [6, 6.07) is 8.21. The van der Waals surface area contributed by atoms with E-state index in [2.05, 4.69) is 62.3 Å². The predicted octanol–water partition coefficient (Wildman–Crippen LogP) is 4.21. The molecule has 0 spiro atoms. The molecule has 1 aliphatic carbocycles. The Morgan fingerprint density at radius 3 is 2.92 bits per heavy atom. The zero-order chi connectivity index (χ0) is 18.5. The number of Topliss-reactive ketones (excluding diaryl/α,β-unsaturated/α-hetero) is 1. The van der Waals surface area contributed by atoms with Crippen molar-refractivity contribution in [3.8, 4) is 0 Å². The lowest BCUT2D eigenvalue weighted by Crippen LogP contribution is -2.42. The van der Waals surface area contributed by atoms with Gasteiger partial charge in [0.15, 0.2) is 0 Å². The normalized spacial score (nSPS) is 23.7. The Balaban J connectivity index is 1.90. The van der Waals surface area contributed by atoms with Crippen LogP contribution in [0.15, 0.2) is 41.2 Å². The van der Waals surface area contributed by atoms with Gasteiger partial charge in [-0.15, -0.1) is 5.10 Å². The Kier molecular flexibility index (Phi) is 4.18. The number of aromatic nitrogens is 3. The molecule has 1 aromatic heterocycles. The van der Waals surface area contributed by atoms with Crippen LogP contribution in [0.5, 0.6) is 0 Å². The quantitative estimate of drug-likeness (QED) is 0.822. The standard InChI is InChI=1S/C20H24N4OS/c1-5-26-19-22-18-21-14-10-20(3,4)11-15(25)16(14)17(24(18)23-19)13-8-6-7-12(2)9-13/h6-10,16-17H,5,11H2,1-4H3,(H,21,22,23)/t16-,17-/m0/s1. The Morgan fingerprint density at radius 2 is 2.19 bits per heavy atom. The molecule has 0 saturated heterocycles. The van der Waals surface area contributed by atoms with Crippen LogP contribution in [0.4, 0.5) is 5.95 Å². The molecule has 0 fully saturated rings. The monoisotopic (exact) mass is 368 g/mol. The fourth-order valence-electron chi connectivity index (χ4n) is 3.99. The van der Waals surface area contributed by atoms with Crippen LogP contribution in [0, 0.1) is 18.3 Å². The van der Waals surface area contributed by atoms with Crippen LogP contribution in [0.25, 0.3) is 0 Å². The fourth-order valence-corrected chi connectivity index (χ4v) is 4.54. The number of hydrogen-bond donors (Lipinski definition) is 1. The number of allylic oxidation sites excluding steroid dienone is 2. The van der Waals surface area contributed by atoms with Crippen LogP contribution in [-0.4, -0.2) is 26.3 Å². The Morgan fingerprint density at radius 1 is 1.38 bits per heavy atom. The highest BCUT2D eigenvalue weighted by Crippen LogP contribution is 2.45. The van der Waals surface area contributed by atoms with Crippen molar-refractivity contribution >= 4 is 23.5 Å². The van der Waals surface area contributed by atoms with Gasteiger partial charge in [0, 0.05) is 12.1 Å². The molecule has 0 bridgehead atoms. The van der Waals surface area contributed by atoms with E-state index >= 15 is 0 Å². The largest absolute Gasteiger partial charge is 0.328 e. The van der Waals surface area contributed by atoms with Gasteiger partial charge in [0.1, 0.15) is 5.78 Å². The molecule has 2 aromatic rings. The lowest BCUT2D eigenvalue weighted by Gasteiger charge is -2.40. The van der Waals surface area contributed by atoms with Crippen molar-refractivity contribution < 1.29 is 4.79 Å². The molecule has 1 aliphatic heterocycles. The molecule has 0 unspecified atom stereocenters. The van der Waals surface area contributed by atoms with E-state index in [-0.39, 0.29) is 23.2 Å². The summed E-state index contributed by atoms with van der Waals surface area (Å²) >= 11 is 1.62. The highest BCUT2D eigenvalue weighted by molar-refractivity contribution is 7.99. The summed E-state index contributed by atoms with van der Waals surface area (Å²) in [6.07, 6.45) is 2.75. The minimum atomic E-state index is -0.237. The number of nitrogens with zero attached hydrogens (tertiary/aromatic N) is 3. The molecule has 2 heterocycles. The molecule has 0 amide bonds. The van der Waals surface area contributed by atoms with E-state index in [9.17, 15) is 4.79 Å². The zero-order valence-corrected chi connectivity index (χ0v) is 16.4. The molecule has 6 heteroatoms. The van der Waals surface area contributed by atoms with Crippen molar-refractivity contribution in [2.24, 2.45) is 11.3 Å². The van der Waals surface area contributed by atoms with Gasteiger partial charge in [0.25, 0.3) is 0 Å². The Hall–Kier alpha value is -2.08. The third-order valence-corrected chi connectivity index (χ3v) is 5.68. The second-order valence-electron chi connectivity index (χ2n) is 7.79. The number of fused-ring (bicyclic) bond motifs is 2. The van der Waals surface area contributed by atoms with Crippen molar-refractivity contribution in [1.82, 2.24) is 14.8 Å². The van der Waals surface area contributed by atoms with E-state index in [4.69, 9.17) is 5.10 Å². The second-order valence-corrected chi connectivity index (χ2v) is 9.02. The smallest absolute Gasteiger partial charge is 0.227 e. The summed E-state index contributed by atoms with van der Waals surface area (Å²) < 4.78 is 1.91. The number of carbonyl (C=O) groups excluding carboxylic acids is 1. The molecule has 0 saturated carbocycles. The fraction of sp³-hybridized carbons (Fsp3) is 0.450. The van der Waals surface area contributed by atoms with Crippen LogP contribution in [0.2, 0.25) is 0 Å². The molecular weight excluding hydrogens is 344 g/mol. The van der Waals surface area contributed by atoms with Gasteiger partial charge in [-0.3, -0.25) is 4.79 Å². The van der Waals surface area contributed by atoms with E-state index in [0.717, 1.165) is 28.1 Å². The molecule has 136 valence electrons. The molecule has 4 rings (SSSR count). The highest BCUT2D eigenvalue weighted by atomic mass is 32.2. The topological polar surface area (TPSA) is 59.8 Å². The maximum absolute atomic E-state index is 13.1. The molecule has 2 aliphatic rings. The molecule has 26 heavy (non-hydrogen) atoms. The Labute approximate surface area is 158 Å². The van der Waals surface area contributed by atoms with E-state index in [1.165, 1.54) is 5.56 Å². The van der Waals surface area contributed by atoms with Gasteiger partial charge >= 0.3 is 0 Å². The van der Waals surface area contributed by atoms with Crippen LogP contribution in [0.3, 0.4) is 0 Å². The number of ketones is 1. The molecule has 1 aromatic carbocycles. The number of nitrogens with one attached hydrogen (secondary N) is 1. The molecule has 0 radical (unpaired) electrons. The van der Waals surface area contributed by atoms with Crippen molar-refractivity contribution in [3.63, 3.8) is 0 Å². The van der Waals surface area contributed by atoms with Gasteiger partial charge in [-0.2, -0.15) is 4.98 Å². The van der Waals surface area contributed by atoms with Gasteiger partial charge in [0.05, 0.1) is 12.0 Å². The van der Waals surface area contributed by atoms with Gasteiger partial charge in [-0.1, -0.05) is 68.4 Å². The van der Waals surface area contributed by atoms with E-state index in [0.29, 0.717) is 6.42 Å². The summed E-state index contributed by atoms with van der Waals surface area (Å²) in [4.78, 5) is 17.8. The summed E-state index contributed by atoms with van der Waals surface area (Å²) in [5.41, 5.74) is 3.11. The number of carbonyl (C=O) groups is 1. The number of aryl methyl sites for hydroxylation is 1. The SMILES string of the molecule is CCSc1nc2n(n1)[C@@H](c1cccc(C)c1)[C@@H]1C(=O)CC(C)(C)C=C1N2. The molecule has 2 atom stereocenters. The number of thioether (sulfide) groups is 1. The number of hydrogen-bond acceptors (Lipinski definition) is 5. The molecule has 1 N–H and O–H groups in total. The summed E-state index contributed by atoms with van der Waals surface area (Å²) in [6.45, 7) is 8.38. The minimum Gasteiger partial charge on any atom is -0.328 e. The van der Waals surface area contributed by atoms with Crippen molar-refractivity contribution in [2.45, 2.75) is 45.3 Å². The van der Waals surface area contributed by atoms with Crippen molar-refractivity contribution in [1.29, 1.82) is 0 Å². The average molecular weight is 369 g/mol. The lowest BCUT2D eigenvalue weighted by atomic mass is 9.72. The zero-order valence-electron chi connectivity index (χ0n) is 15.6. The maximum Gasteiger partial charge on any atom is 0.227 e. The first kappa shape index (κ1) is 17.3. The van der Waals surface area contributed by atoms with Gasteiger partial charge in [0.2, 0.25) is 11.1 Å². The average Bonchev–Trinajstić information content (AvgIpc) is 2.94. The van der Waals surface area contributed by atoms with E-state index in [1.54, 1.807) is 11.8 Å². The number of rotatable bonds is 3. The van der Waals surface area contributed by atoms with Gasteiger partial charge < -0.3 is 5.32 Å². The number of anilines is 1. The van der Waals surface area contributed by atoms with Crippen molar-refractivity contribution in [2.75, 3.05) is 11.1 Å². The van der Waals surface area contributed by atoms with Gasteiger partial charge in [-0.25, -0.2) is 4.68 Å².